The van der Waals surface area contributed by atoms with Gasteiger partial charge in [-0.2, -0.15) is 13.2 Å². The Morgan fingerprint density at radius 3 is 2.48 bits per heavy atom. The van der Waals surface area contributed by atoms with E-state index < -0.39 is 35.8 Å². The van der Waals surface area contributed by atoms with Crippen molar-refractivity contribution in [3.05, 3.63) is 124 Å². The molecular weight excluding hydrogens is 597 g/mol. The highest BCUT2D eigenvalue weighted by Gasteiger charge is 2.35. The van der Waals surface area contributed by atoms with Crippen molar-refractivity contribution in [2.24, 2.45) is 0 Å². The van der Waals surface area contributed by atoms with Crippen LogP contribution in [0, 0.1) is 13.8 Å². The van der Waals surface area contributed by atoms with E-state index in [0.717, 1.165) is 36.2 Å². The summed E-state index contributed by atoms with van der Waals surface area (Å²) in [7, 11) is 0. The Bertz CT molecular complexity index is 1670. The second-order valence-electron chi connectivity index (χ2n) is 11.8. The van der Waals surface area contributed by atoms with Crippen LogP contribution in [0.15, 0.2) is 83.5 Å². The van der Waals surface area contributed by atoms with Crippen LogP contribution in [0.5, 0.6) is 0 Å². The van der Waals surface area contributed by atoms with Crippen LogP contribution < -0.4 is 10.6 Å². The van der Waals surface area contributed by atoms with Gasteiger partial charge in [0.25, 0.3) is 11.8 Å². The van der Waals surface area contributed by atoms with Crippen LogP contribution in [0.3, 0.4) is 0 Å². The normalized spacial score (nSPS) is 17.0. The highest BCUT2D eigenvalue weighted by molar-refractivity contribution is 6.00. The minimum Gasteiger partial charge on any atom is -0.446 e. The molecule has 0 saturated carbocycles. The predicted octanol–water partition coefficient (Wildman–Crippen LogP) is 6.30. The van der Waals surface area contributed by atoms with Gasteiger partial charge in [0.15, 0.2) is 0 Å². The molecule has 0 aliphatic carbocycles. The van der Waals surface area contributed by atoms with Crippen molar-refractivity contribution in [3.8, 4) is 0 Å². The Labute approximate surface area is 265 Å². The molecule has 46 heavy (non-hydrogen) atoms. The third-order valence-electron chi connectivity index (χ3n) is 8.17. The van der Waals surface area contributed by atoms with Crippen molar-refractivity contribution in [1.29, 1.82) is 0 Å². The molecule has 1 aliphatic rings. The number of oxazole rings is 1. The van der Waals surface area contributed by atoms with Gasteiger partial charge in [0.1, 0.15) is 12.3 Å². The second-order valence-corrected chi connectivity index (χ2v) is 11.8. The fourth-order valence-corrected chi connectivity index (χ4v) is 5.84. The highest BCUT2D eigenvalue weighted by Crippen LogP contribution is 2.33. The second kappa shape index (κ2) is 13.9. The van der Waals surface area contributed by atoms with Gasteiger partial charge in [0, 0.05) is 24.2 Å². The topological polar surface area (TPSA) is 108 Å². The summed E-state index contributed by atoms with van der Waals surface area (Å²) < 4.78 is 45.4. The Morgan fingerprint density at radius 2 is 1.78 bits per heavy atom. The molecule has 4 unspecified atom stereocenters. The van der Waals surface area contributed by atoms with Gasteiger partial charge in [-0.25, -0.2) is 4.98 Å². The third-order valence-corrected chi connectivity index (χ3v) is 8.17. The lowest BCUT2D eigenvalue weighted by atomic mass is 9.96. The van der Waals surface area contributed by atoms with Gasteiger partial charge in [-0.05, 0) is 74.6 Å². The highest BCUT2D eigenvalue weighted by atomic mass is 19.4. The molecule has 0 bridgehead atoms. The molecular formula is C35H37F3N4O4. The van der Waals surface area contributed by atoms with Crippen LogP contribution in [0.4, 0.5) is 13.2 Å². The summed E-state index contributed by atoms with van der Waals surface area (Å²) in [6.07, 6.45) is -2.54. The lowest BCUT2D eigenvalue weighted by Crippen LogP contribution is -2.47. The number of aliphatic hydroxyl groups is 1. The summed E-state index contributed by atoms with van der Waals surface area (Å²) in [5, 5.41) is 17.5. The molecule has 1 aliphatic heterocycles. The number of benzene rings is 3. The van der Waals surface area contributed by atoms with Crippen LogP contribution in [0.1, 0.15) is 86.4 Å². The van der Waals surface area contributed by atoms with Crippen LogP contribution >= 0.6 is 0 Å². The fourth-order valence-electron chi connectivity index (χ4n) is 5.84. The van der Waals surface area contributed by atoms with Crippen molar-refractivity contribution >= 4 is 11.8 Å². The number of carbonyl (C=O) groups is 2. The van der Waals surface area contributed by atoms with Gasteiger partial charge in [-0.3, -0.25) is 9.59 Å². The molecule has 2 heterocycles. The van der Waals surface area contributed by atoms with Crippen LogP contribution in [-0.2, 0) is 12.7 Å². The minimum absolute atomic E-state index is 0.0507. The molecule has 8 nitrogen and oxygen atoms in total. The number of aromatic nitrogens is 1. The number of hydrogen-bond acceptors (Lipinski definition) is 6. The largest absolute Gasteiger partial charge is 0.446 e. The number of halogens is 3. The van der Waals surface area contributed by atoms with E-state index in [1.807, 2.05) is 13.0 Å². The van der Waals surface area contributed by atoms with Crippen LogP contribution in [0.2, 0.25) is 0 Å². The number of hydrogen-bond donors (Lipinski definition) is 3. The average molecular weight is 635 g/mol. The van der Waals surface area contributed by atoms with E-state index >= 15 is 0 Å². The molecule has 4 aromatic rings. The Kier molecular flexibility index (Phi) is 9.93. The van der Waals surface area contributed by atoms with E-state index in [0.29, 0.717) is 29.1 Å². The molecule has 2 amide bonds. The summed E-state index contributed by atoms with van der Waals surface area (Å²) in [6.45, 7) is 5.87. The van der Waals surface area contributed by atoms with Crippen molar-refractivity contribution in [2.75, 3.05) is 6.54 Å². The van der Waals surface area contributed by atoms with Crippen molar-refractivity contribution < 1.29 is 32.3 Å². The molecule has 242 valence electrons. The zero-order valence-electron chi connectivity index (χ0n) is 25.8. The SMILES string of the molecule is Cc1cc(C(=O)NC(C)C(O)C(NCc2cccc(C(F)(F)F)c2)c2ccccc2)cc(C(=O)N2CCCC2c2nc(C)co2)c1. The molecule has 1 fully saturated rings. The first kappa shape index (κ1) is 32.9. The molecule has 5 rings (SSSR count). The van der Waals surface area contributed by atoms with E-state index in [1.54, 1.807) is 73.5 Å². The first-order chi connectivity index (χ1) is 21.9. The number of rotatable bonds is 10. The molecule has 0 radical (unpaired) electrons. The Hall–Kier alpha value is -4.48. The van der Waals surface area contributed by atoms with Gasteiger partial charge < -0.3 is 25.1 Å². The average Bonchev–Trinajstić information content (AvgIpc) is 3.69. The van der Waals surface area contributed by atoms with E-state index in [1.165, 1.54) is 6.07 Å². The Balaban J connectivity index is 1.30. The lowest BCUT2D eigenvalue weighted by Gasteiger charge is -2.30. The first-order valence-corrected chi connectivity index (χ1v) is 15.2. The van der Waals surface area contributed by atoms with Gasteiger partial charge in [-0.15, -0.1) is 0 Å². The van der Waals surface area contributed by atoms with E-state index in [9.17, 15) is 27.9 Å². The quantitative estimate of drug-likeness (QED) is 0.189. The number of alkyl halides is 3. The molecule has 0 spiro atoms. The number of likely N-dealkylation sites (tertiary alicyclic amines) is 1. The van der Waals surface area contributed by atoms with E-state index in [2.05, 4.69) is 15.6 Å². The zero-order chi connectivity index (χ0) is 33.0. The maximum absolute atomic E-state index is 13.6. The molecule has 3 aromatic carbocycles. The van der Waals surface area contributed by atoms with Crippen LogP contribution in [0.25, 0.3) is 0 Å². The summed E-state index contributed by atoms with van der Waals surface area (Å²) in [4.78, 5) is 33.2. The van der Waals surface area contributed by atoms with Gasteiger partial charge >= 0.3 is 6.18 Å². The lowest BCUT2D eigenvalue weighted by molar-refractivity contribution is -0.137. The number of amides is 2. The molecule has 11 heteroatoms. The fraction of sp³-hybridized carbons (Fsp3) is 0.343. The summed E-state index contributed by atoms with van der Waals surface area (Å²) in [5.41, 5.74) is 2.42. The van der Waals surface area contributed by atoms with Crippen molar-refractivity contribution in [2.45, 2.75) is 70.6 Å². The summed E-state index contributed by atoms with van der Waals surface area (Å²) in [6, 6.07) is 17.2. The van der Waals surface area contributed by atoms with Crippen molar-refractivity contribution in [1.82, 2.24) is 20.5 Å². The van der Waals surface area contributed by atoms with E-state index in [4.69, 9.17) is 4.42 Å². The number of nitrogens with one attached hydrogen (secondary N) is 2. The maximum atomic E-state index is 13.6. The maximum Gasteiger partial charge on any atom is 0.416 e. The molecule has 4 atom stereocenters. The third kappa shape index (κ3) is 7.66. The van der Waals surface area contributed by atoms with Crippen molar-refractivity contribution in [3.63, 3.8) is 0 Å². The van der Waals surface area contributed by atoms with Gasteiger partial charge in [0.05, 0.1) is 29.4 Å². The minimum atomic E-state index is -4.47. The van der Waals surface area contributed by atoms with Gasteiger partial charge in [0.2, 0.25) is 5.89 Å². The van der Waals surface area contributed by atoms with E-state index in [-0.39, 0.29) is 24.1 Å². The molecule has 3 N–H and O–H groups in total. The predicted molar refractivity (Wildman–Crippen MR) is 166 cm³/mol. The number of nitrogens with zero attached hydrogens (tertiary/aromatic N) is 2. The summed E-state index contributed by atoms with van der Waals surface area (Å²) in [5.74, 6) is -0.214. The molecule has 1 aromatic heterocycles. The smallest absolute Gasteiger partial charge is 0.416 e. The van der Waals surface area contributed by atoms with Crippen LogP contribution in [-0.4, -0.2) is 45.5 Å². The first-order valence-electron chi connectivity index (χ1n) is 15.2. The number of carbonyl (C=O) groups excluding carboxylic acids is 2. The Morgan fingerprint density at radius 1 is 1.04 bits per heavy atom. The standard InChI is InChI=1S/C35H37F3N4O4/c1-21-15-26(18-27(16-21)34(45)42-14-8-13-29(42)33-40-22(2)20-46-33)32(44)41-23(3)31(43)30(25-10-5-4-6-11-25)39-19-24-9-7-12-28(17-24)35(36,37)38/h4-7,9-12,15-18,20,23,29-31,39,43H,8,13-14,19H2,1-3H3,(H,41,44). The summed E-state index contributed by atoms with van der Waals surface area (Å²) >= 11 is 0. The number of aryl methyl sites for hydroxylation is 2. The zero-order valence-corrected chi connectivity index (χ0v) is 25.8. The monoisotopic (exact) mass is 634 g/mol. The molecule has 1 saturated heterocycles. The number of aliphatic hydroxyl groups excluding tert-OH is 1. The van der Waals surface area contributed by atoms with Gasteiger partial charge in [-0.1, -0.05) is 48.5 Å².